The first kappa shape index (κ1) is 4.99. The highest BCUT2D eigenvalue weighted by atomic mass is 15.3. The highest BCUT2D eigenvalue weighted by molar-refractivity contribution is 5.87. The fourth-order valence-corrected chi connectivity index (χ4v) is 1.12. The number of amidine groups is 1. The summed E-state index contributed by atoms with van der Waals surface area (Å²) in [5.41, 5.74) is 0. The van der Waals surface area contributed by atoms with Crippen LogP contribution in [0.15, 0.2) is 17.3 Å². The zero-order valence-electron chi connectivity index (χ0n) is 5.17. The third-order valence-electron chi connectivity index (χ3n) is 1.61. The summed E-state index contributed by atoms with van der Waals surface area (Å²) in [7, 11) is 0. The largest absolute Gasteiger partial charge is 0.342 e. The number of hydrogen-bond acceptors (Lipinski definition) is 3. The lowest BCUT2D eigenvalue weighted by Crippen LogP contribution is -2.27. The van der Waals surface area contributed by atoms with E-state index in [1.54, 1.807) is 0 Å². The van der Waals surface area contributed by atoms with E-state index in [0.717, 1.165) is 19.8 Å². The quantitative estimate of drug-likeness (QED) is 0.482. The number of nitrogens with one attached hydrogen (secondary N) is 1. The van der Waals surface area contributed by atoms with Crippen molar-refractivity contribution in [3.05, 3.63) is 12.3 Å². The molecule has 3 nitrogen and oxygen atoms in total. The molecule has 2 rings (SSSR count). The Morgan fingerprint density at radius 1 is 1.67 bits per heavy atom. The minimum absolute atomic E-state index is 0.935. The van der Waals surface area contributed by atoms with Crippen LogP contribution in [-0.4, -0.2) is 30.5 Å². The summed E-state index contributed by atoms with van der Waals surface area (Å²) >= 11 is 0. The van der Waals surface area contributed by atoms with Gasteiger partial charge in [-0.2, -0.15) is 0 Å². The van der Waals surface area contributed by atoms with Gasteiger partial charge in [0.15, 0.2) is 0 Å². The number of hydrogen-bond donors (Lipinski definition) is 1. The molecule has 0 aromatic rings. The van der Waals surface area contributed by atoms with Crippen LogP contribution in [0.5, 0.6) is 0 Å². The summed E-state index contributed by atoms with van der Waals surface area (Å²) in [6.45, 7) is 2.92. The number of aliphatic imine (C=N–C) groups is 1. The molecule has 1 fully saturated rings. The molecule has 0 amide bonds. The fourth-order valence-electron chi connectivity index (χ4n) is 1.12. The second-order valence-electron chi connectivity index (χ2n) is 2.24. The molecule has 0 aromatic carbocycles. The average Bonchev–Trinajstić information content (AvgIpc) is 2.33. The molecule has 2 heterocycles. The molecular formula is C6H9N3. The van der Waals surface area contributed by atoms with Crippen LogP contribution >= 0.6 is 0 Å². The minimum atomic E-state index is 0.935. The predicted octanol–water partition coefficient (Wildman–Crippen LogP) is -0.225. The molecule has 0 atom stereocenters. The van der Waals surface area contributed by atoms with E-state index >= 15 is 0 Å². The van der Waals surface area contributed by atoms with Crippen LogP contribution in [-0.2, 0) is 0 Å². The van der Waals surface area contributed by atoms with Crippen molar-refractivity contribution in [1.29, 1.82) is 0 Å². The van der Waals surface area contributed by atoms with E-state index in [-0.39, 0.29) is 0 Å². The van der Waals surface area contributed by atoms with Crippen LogP contribution in [0.2, 0.25) is 0 Å². The van der Waals surface area contributed by atoms with Crippen LogP contribution in [0.1, 0.15) is 0 Å². The van der Waals surface area contributed by atoms with E-state index in [4.69, 9.17) is 0 Å². The zero-order valence-corrected chi connectivity index (χ0v) is 5.17. The second-order valence-corrected chi connectivity index (χ2v) is 2.24. The van der Waals surface area contributed by atoms with Crippen molar-refractivity contribution in [2.75, 3.05) is 19.8 Å². The Hall–Kier alpha value is -0.830. The summed E-state index contributed by atoms with van der Waals surface area (Å²) in [5, 5.41) is 3.22. The molecule has 1 N–H and O–H groups in total. The molecule has 0 unspecified atom stereocenters. The van der Waals surface area contributed by atoms with Gasteiger partial charge >= 0.3 is 0 Å². The van der Waals surface area contributed by atoms with Gasteiger partial charge in [-0.05, 0) is 6.08 Å². The maximum Gasteiger partial charge on any atom is 0.119 e. The Kier molecular flexibility index (Phi) is 1.02. The molecule has 0 aromatic heterocycles. The third kappa shape index (κ3) is 0.733. The molecule has 9 heavy (non-hydrogen) atoms. The van der Waals surface area contributed by atoms with Crippen molar-refractivity contribution >= 4 is 5.84 Å². The maximum atomic E-state index is 4.19. The Labute approximate surface area is 54.1 Å². The number of rotatable bonds is 0. The maximum absolute atomic E-state index is 4.19. The van der Waals surface area contributed by atoms with E-state index < -0.39 is 0 Å². The standard InChI is InChI=1S/C6H9N3/c1-2-8-6-4-7-5-9(6)3-1/h1-2,7H,3-5H2. The summed E-state index contributed by atoms with van der Waals surface area (Å²) in [6.07, 6.45) is 3.94. The number of nitrogens with zero attached hydrogens (tertiary/aromatic N) is 2. The van der Waals surface area contributed by atoms with Crippen molar-refractivity contribution < 1.29 is 0 Å². The molecule has 0 radical (unpaired) electrons. The highest BCUT2D eigenvalue weighted by Crippen LogP contribution is 2.02. The van der Waals surface area contributed by atoms with Crippen molar-refractivity contribution in [3.63, 3.8) is 0 Å². The molecule has 2 aliphatic rings. The van der Waals surface area contributed by atoms with Crippen LogP contribution < -0.4 is 5.32 Å². The average molecular weight is 123 g/mol. The topological polar surface area (TPSA) is 27.6 Å². The van der Waals surface area contributed by atoms with Gasteiger partial charge in [-0.3, -0.25) is 5.32 Å². The van der Waals surface area contributed by atoms with Crippen LogP contribution in [0.3, 0.4) is 0 Å². The van der Waals surface area contributed by atoms with E-state index in [0.29, 0.717) is 0 Å². The zero-order chi connectivity index (χ0) is 6.10. The summed E-state index contributed by atoms with van der Waals surface area (Å²) < 4.78 is 0. The van der Waals surface area contributed by atoms with E-state index in [2.05, 4.69) is 21.3 Å². The van der Waals surface area contributed by atoms with Crippen LogP contribution in [0.25, 0.3) is 0 Å². The fraction of sp³-hybridized carbons (Fsp3) is 0.500. The molecule has 48 valence electrons. The van der Waals surface area contributed by atoms with Crippen molar-refractivity contribution in [1.82, 2.24) is 10.2 Å². The first-order valence-corrected chi connectivity index (χ1v) is 3.14. The van der Waals surface area contributed by atoms with Gasteiger partial charge in [-0.1, -0.05) is 0 Å². The monoisotopic (exact) mass is 123 g/mol. The van der Waals surface area contributed by atoms with Crippen LogP contribution in [0, 0.1) is 0 Å². The third-order valence-corrected chi connectivity index (χ3v) is 1.61. The molecule has 0 bridgehead atoms. The lowest BCUT2D eigenvalue weighted by Gasteiger charge is -2.16. The van der Waals surface area contributed by atoms with Crippen LogP contribution in [0.4, 0.5) is 0 Å². The number of fused-ring (bicyclic) bond motifs is 1. The van der Waals surface area contributed by atoms with Gasteiger partial charge in [-0.25, -0.2) is 4.99 Å². The Morgan fingerprint density at radius 2 is 2.67 bits per heavy atom. The molecule has 0 spiro atoms. The Bertz CT molecular complexity index is 171. The molecular weight excluding hydrogens is 114 g/mol. The SMILES string of the molecule is C1=CN=C2CNCN2C1. The van der Waals surface area contributed by atoms with E-state index in [1.807, 2.05) is 6.20 Å². The van der Waals surface area contributed by atoms with Crippen molar-refractivity contribution in [2.45, 2.75) is 0 Å². The lowest BCUT2D eigenvalue weighted by molar-refractivity contribution is 0.475. The first-order chi connectivity index (χ1) is 4.47. The van der Waals surface area contributed by atoms with Gasteiger partial charge in [0.05, 0.1) is 13.2 Å². The highest BCUT2D eigenvalue weighted by Gasteiger charge is 2.16. The minimum Gasteiger partial charge on any atom is -0.342 e. The van der Waals surface area contributed by atoms with Crippen molar-refractivity contribution in [3.8, 4) is 0 Å². The predicted molar refractivity (Wildman–Crippen MR) is 36.2 cm³/mol. The lowest BCUT2D eigenvalue weighted by atomic mass is 10.4. The normalized spacial score (nSPS) is 24.0. The van der Waals surface area contributed by atoms with Gasteiger partial charge in [0.25, 0.3) is 0 Å². The second kappa shape index (κ2) is 1.84. The van der Waals surface area contributed by atoms with Gasteiger partial charge in [0.1, 0.15) is 5.84 Å². The summed E-state index contributed by atoms with van der Waals surface area (Å²) in [6, 6.07) is 0. The van der Waals surface area contributed by atoms with Crippen molar-refractivity contribution in [2.24, 2.45) is 4.99 Å². The molecule has 0 aliphatic carbocycles. The Balaban J connectivity index is 2.23. The smallest absolute Gasteiger partial charge is 0.119 e. The first-order valence-electron chi connectivity index (χ1n) is 3.14. The van der Waals surface area contributed by atoms with E-state index in [9.17, 15) is 0 Å². The molecule has 1 saturated heterocycles. The molecule has 3 heteroatoms. The van der Waals surface area contributed by atoms with Gasteiger partial charge < -0.3 is 4.90 Å². The summed E-state index contributed by atoms with van der Waals surface area (Å²) in [5.74, 6) is 1.18. The van der Waals surface area contributed by atoms with Gasteiger partial charge in [0.2, 0.25) is 0 Å². The van der Waals surface area contributed by atoms with Gasteiger partial charge in [0, 0.05) is 12.7 Å². The molecule has 0 saturated carbocycles. The van der Waals surface area contributed by atoms with Gasteiger partial charge in [-0.15, -0.1) is 0 Å². The summed E-state index contributed by atoms with van der Waals surface area (Å²) in [4.78, 5) is 6.41. The van der Waals surface area contributed by atoms with E-state index in [1.165, 1.54) is 5.84 Å². The molecule has 2 aliphatic heterocycles. The Morgan fingerprint density at radius 3 is 3.56 bits per heavy atom.